The van der Waals surface area contributed by atoms with E-state index in [9.17, 15) is 13.2 Å². The van der Waals surface area contributed by atoms with Crippen LogP contribution in [0.4, 0.5) is 13.2 Å². The van der Waals surface area contributed by atoms with E-state index in [1.165, 1.54) is 23.9 Å². The zero-order valence-corrected chi connectivity index (χ0v) is 14.6. The highest BCUT2D eigenvalue weighted by molar-refractivity contribution is 5.38. The number of aromatic nitrogens is 2. The van der Waals surface area contributed by atoms with Gasteiger partial charge in [-0.25, -0.2) is 4.68 Å². The molecule has 0 aliphatic rings. The lowest BCUT2D eigenvalue weighted by Crippen LogP contribution is -2.28. The molecule has 3 N–H and O–H groups in total. The number of methoxy groups -OCH3 is 1. The van der Waals surface area contributed by atoms with Crippen molar-refractivity contribution in [3.05, 3.63) is 77.5 Å². The summed E-state index contributed by atoms with van der Waals surface area (Å²) in [6.07, 6.45) is -4.75. The third-order valence-corrected chi connectivity index (χ3v) is 4.04. The summed E-state index contributed by atoms with van der Waals surface area (Å²) in [5, 5.41) is 7.56. The average molecular weight is 376 g/mol. The second-order valence-corrected chi connectivity index (χ2v) is 5.90. The van der Waals surface area contributed by atoms with Gasteiger partial charge in [0.2, 0.25) is 5.88 Å². The third kappa shape index (κ3) is 4.47. The number of halogens is 3. The van der Waals surface area contributed by atoms with E-state index in [4.69, 9.17) is 10.5 Å². The highest BCUT2D eigenvalue weighted by Gasteiger charge is 2.30. The number of alkyl halides is 3. The molecule has 1 heterocycles. The zero-order valence-electron chi connectivity index (χ0n) is 14.6. The standard InChI is InChI=1S/C19H19F3N4O/c1-27-17-11-15(12-24-18(23)13-5-3-2-4-6-13)25-26(17)16-9-7-14(8-10-16)19(20,21)22/h2-11,18,24H,12,23H2,1H3/t18-/m0/s1. The number of rotatable bonds is 6. The molecule has 8 heteroatoms. The lowest BCUT2D eigenvalue weighted by atomic mass is 10.2. The second kappa shape index (κ2) is 7.81. The first kappa shape index (κ1) is 18.9. The van der Waals surface area contributed by atoms with Crippen LogP contribution in [0.3, 0.4) is 0 Å². The normalized spacial score (nSPS) is 12.8. The Morgan fingerprint density at radius 2 is 1.78 bits per heavy atom. The van der Waals surface area contributed by atoms with Gasteiger partial charge in [-0.1, -0.05) is 30.3 Å². The Morgan fingerprint density at radius 1 is 1.11 bits per heavy atom. The van der Waals surface area contributed by atoms with Crippen molar-refractivity contribution in [3.8, 4) is 11.6 Å². The highest BCUT2D eigenvalue weighted by atomic mass is 19.4. The van der Waals surface area contributed by atoms with Gasteiger partial charge < -0.3 is 10.5 Å². The molecule has 0 aliphatic carbocycles. The van der Waals surface area contributed by atoms with Crippen LogP contribution in [-0.2, 0) is 12.7 Å². The predicted molar refractivity (Wildman–Crippen MR) is 95.3 cm³/mol. The Balaban J connectivity index is 1.75. The summed E-state index contributed by atoms with van der Waals surface area (Å²) in [7, 11) is 1.48. The summed E-state index contributed by atoms with van der Waals surface area (Å²) in [5.74, 6) is 0.417. The van der Waals surface area contributed by atoms with Crippen molar-refractivity contribution in [1.82, 2.24) is 15.1 Å². The van der Waals surface area contributed by atoms with E-state index < -0.39 is 11.7 Å². The Bertz CT molecular complexity index is 876. The molecule has 0 unspecified atom stereocenters. The van der Waals surface area contributed by atoms with Gasteiger partial charge in [0.05, 0.1) is 30.2 Å². The van der Waals surface area contributed by atoms with Gasteiger partial charge in [0.1, 0.15) is 0 Å². The van der Waals surface area contributed by atoms with Crippen molar-refractivity contribution >= 4 is 0 Å². The Kier molecular flexibility index (Phi) is 5.48. The fourth-order valence-corrected chi connectivity index (χ4v) is 2.61. The van der Waals surface area contributed by atoms with E-state index in [1.807, 2.05) is 30.3 Å². The van der Waals surface area contributed by atoms with Crippen LogP contribution in [0.5, 0.6) is 5.88 Å². The molecular weight excluding hydrogens is 357 g/mol. The zero-order chi connectivity index (χ0) is 19.4. The molecule has 2 aromatic carbocycles. The lowest BCUT2D eigenvalue weighted by Gasteiger charge is -2.13. The van der Waals surface area contributed by atoms with E-state index in [2.05, 4.69) is 10.4 Å². The van der Waals surface area contributed by atoms with Crippen LogP contribution in [-0.4, -0.2) is 16.9 Å². The van der Waals surface area contributed by atoms with Crippen molar-refractivity contribution in [2.75, 3.05) is 7.11 Å². The van der Waals surface area contributed by atoms with Crippen molar-refractivity contribution in [2.45, 2.75) is 18.9 Å². The molecule has 0 aliphatic heterocycles. The summed E-state index contributed by atoms with van der Waals surface area (Å²) < 4.78 is 44.9. The van der Waals surface area contributed by atoms with Crippen molar-refractivity contribution in [2.24, 2.45) is 5.73 Å². The number of hydrogen-bond acceptors (Lipinski definition) is 4. The fourth-order valence-electron chi connectivity index (χ4n) is 2.61. The molecule has 0 spiro atoms. The van der Waals surface area contributed by atoms with Crippen LogP contribution in [0, 0.1) is 0 Å². The highest BCUT2D eigenvalue weighted by Crippen LogP contribution is 2.30. The monoisotopic (exact) mass is 376 g/mol. The lowest BCUT2D eigenvalue weighted by molar-refractivity contribution is -0.137. The quantitative estimate of drug-likeness (QED) is 0.645. The largest absolute Gasteiger partial charge is 0.481 e. The summed E-state index contributed by atoms with van der Waals surface area (Å²) in [4.78, 5) is 0. The molecule has 5 nitrogen and oxygen atoms in total. The summed E-state index contributed by atoms with van der Waals surface area (Å²) in [5.41, 5.74) is 7.45. The molecule has 3 rings (SSSR count). The molecule has 0 bridgehead atoms. The first-order valence-electron chi connectivity index (χ1n) is 8.23. The van der Waals surface area contributed by atoms with Crippen LogP contribution in [0.25, 0.3) is 5.69 Å². The minimum atomic E-state index is -4.38. The van der Waals surface area contributed by atoms with Gasteiger partial charge >= 0.3 is 6.18 Å². The van der Waals surface area contributed by atoms with E-state index in [1.54, 1.807) is 6.07 Å². The molecule has 1 aromatic heterocycles. The van der Waals surface area contributed by atoms with Crippen LogP contribution >= 0.6 is 0 Å². The number of benzene rings is 2. The maximum Gasteiger partial charge on any atom is 0.416 e. The molecule has 0 amide bonds. The number of ether oxygens (including phenoxy) is 1. The van der Waals surface area contributed by atoms with Gasteiger partial charge in [0, 0.05) is 12.6 Å². The molecule has 1 atom stereocenters. The van der Waals surface area contributed by atoms with Crippen molar-refractivity contribution < 1.29 is 17.9 Å². The number of nitrogens with two attached hydrogens (primary N) is 1. The molecule has 0 saturated heterocycles. The predicted octanol–water partition coefficient (Wildman–Crippen LogP) is 3.65. The van der Waals surface area contributed by atoms with Gasteiger partial charge in [-0.05, 0) is 29.8 Å². The molecule has 142 valence electrons. The Hall–Kier alpha value is -2.84. The number of nitrogens with one attached hydrogen (secondary N) is 1. The van der Waals surface area contributed by atoms with Crippen LogP contribution in [0.2, 0.25) is 0 Å². The Labute approximate surface area is 154 Å². The first-order chi connectivity index (χ1) is 12.9. The van der Waals surface area contributed by atoms with Crippen LogP contribution < -0.4 is 15.8 Å². The van der Waals surface area contributed by atoms with Crippen LogP contribution in [0.1, 0.15) is 23.0 Å². The smallest absolute Gasteiger partial charge is 0.416 e. The second-order valence-electron chi connectivity index (χ2n) is 5.90. The van der Waals surface area contributed by atoms with Crippen molar-refractivity contribution in [1.29, 1.82) is 0 Å². The van der Waals surface area contributed by atoms with Gasteiger partial charge in [-0.2, -0.15) is 18.3 Å². The average Bonchev–Trinajstić information content (AvgIpc) is 3.09. The number of nitrogens with zero attached hydrogens (tertiary/aromatic N) is 2. The SMILES string of the molecule is COc1cc(CN[C@H](N)c2ccccc2)nn1-c1ccc(C(F)(F)F)cc1. The van der Waals surface area contributed by atoms with E-state index in [-0.39, 0.29) is 6.17 Å². The molecule has 27 heavy (non-hydrogen) atoms. The van der Waals surface area contributed by atoms with Gasteiger partial charge in [0.25, 0.3) is 0 Å². The van der Waals surface area contributed by atoms with E-state index in [0.29, 0.717) is 23.8 Å². The molecule has 0 fully saturated rings. The van der Waals surface area contributed by atoms with Crippen molar-refractivity contribution in [3.63, 3.8) is 0 Å². The summed E-state index contributed by atoms with van der Waals surface area (Å²) in [6, 6.07) is 16.0. The van der Waals surface area contributed by atoms with Crippen LogP contribution in [0.15, 0.2) is 60.7 Å². The van der Waals surface area contributed by atoms with Gasteiger partial charge in [-0.3, -0.25) is 5.32 Å². The first-order valence-corrected chi connectivity index (χ1v) is 8.23. The third-order valence-electron chi connectivity index (χ3n) is 4.04. The van der Waals surface area contributed by atoms with Gasteiger partial charge in [0.15, 0.2) is 0 Å². The molecule has 0 radical (unpaired) electrons. The molecular formula is C19H19F3N4O. The maximum atomic E-state index is 12.7. The summed E-state index contributed by atoms with van der Waals surface area (Å²) >= 11 is 0. The topological polar surface area (TPSA) is 65.1 Å². The maximum absolute atomic E-state index is 12.7. The summed E-state index contributed by atoms with van der Waals surface area (Å²) in [6.45, 7) is 0.375. The fraction of sp³-hybridized carbons (Fsp3) is 0.211. The van der Waals surface area contributed by atoms with E-state index >= 15 is 0 Å². The minimum absolute atomic E-state index is 0.367. The Morgan fingerprint density at radius 3 is 2.37 bits per heavy atom. The number of hydrogen-bond donors (Lipinski definition) is 2. The van der Waals surface area contributed by atoms with Gasteiger partial charge in [-0.15, -0.1) is 0 Å². The minimum Gasteiger partial charge on any atom is -0.481 e. The van der Waals surface area contributed by atoms with E-state index in [0.717, 1.165) is 17.7 Å². The molecule has 3 aromatic rings. The molecule has 0 saturated carbocycles.